The van der Waals surface area contributed by atoms with Crippen molar-refractivity contribution in [1.82, 2.24) is 0 Å². The molecule has 0 amide bonds. The van der Waals surface area contributed by atoms with E-state index in [0.29, 0.717) is 29.1 Å². The maximum Gasteiger partial charge on any atom is 0.136 e. The van der Waals surface area contributed by atoms with Gasteiger partial charge in [-0.05, 0) is 61.2 Å². The maximum absolute atomic E-state index is 12.2. The number of rotatable bonds is 1. The Morgan fingerprint density at radius 3 is 2.81 bits per heavy atom. The van der Waals surface area contributed by atoms with Crippen LogP contribution in [-0.4, -0.2) is 17.5 Å². The average Bonchev–Trinajstić information content (AvgIpc) is 2.76. The summed E-state index contributed by atoms with van der Waals surface area (Å²) < 4.78 is 0. The Morgan fingerprint density at radius 2 is 2.05 bits per heavy atom. The van der Waals surface area contributed by atoms with Crippen molar-refractivity contribution in [3.63, 3.8) is 0 Å². The van der Waals surface area contributed by atoms with Crippen LogP contribution in [-0.2, 0) is 4.79 Å². The van der Waals surface area contributed by atoms with Gasteiger partial charge in [0, 0.05) is 17.8 Å². The molecule has 6 unspecified atom stereocenters. The molecular formula is C19H28O2. The van der Waals surface area contributed by atoms with E-state index < -0.39 is 0 Å². The monoisotopic (exact) mass is 288 g/mol. The van der Waals surface area contributed by atoms with Crippen molar-refractivity contribution in [2.45, 2.75) is 58.8 Å². The van der Waals surface area contributed by atoms with E-state index in [1.165, 1.54) is 19.3 Å². The van der Waals surface area contributed by atoms with Crippen LogP contribution < -0.4 is 0 Å². The number of hydrogen-bond acceptors (Lipinski definition) is 2. The van der Waals surface area contributed by atoms with E-state index in [9.17, 15) is 9.90 Å². The number of aliphatic hydroxyl groups is 1. The molecule has 2 heteroatoms. The van der Waals surface area contributed by atoms with Crippen molar-refractivity contribution in [2.75, 3.05) is 6.61 Å². The summed E-state index contributed by atoms with van der Waals surface area (Å²) in [6.07, 6.45) is 12.7. The normalized spacial score (nSPS) is 55.2. The fourth-order valence-electron chi connectivity index (χ4n) is 6.80. The molecule has 0 saturated heterocycles. The van der Waals surface area contributed by atoms with Crippen molar-refractivity contribution in [1.29, 1.82) is 0 Å². The second-order valence-electron chi connectivity index (χ2n) is 8.76. The zero-order valence-electron chi connectivity index (χ0n) is 13.4. The number of ketones is 1. The number of aliphatic hydroxyl groups excluding tert-OH is 1. The lowest BCUT2D eigenvalue weighted by atomic mass is 9.42. The Bertz CT molecular complexity index is 510. The molecule has 1 spiro atoms. The highest BCUT2D eigenvalue weighted by Gasteiger charge is 2.62. The van der Waals surface area contributed by atoms with Gasteiger partial charge in [0.15, 0.2) is 0 Å². The topological polar surface area (TPSA) is 37.3 Å². The zero-order valence-corrected chi connectivity index (χ0v) is 13.4. The smallest absolute Gasteiger partial charge is 0.136 e. The van der Waals surface area contributed by atoms with E-state index in [1.807, 2.05) is 0 Å². The standard InChI is InChI=1S/C19H28O2/c1-13-14-3-8-19-10-9-18(11-19,12-20)7-5-16(19)17(14,2)6-4-15(13)21/h9-10,13-14,16,20H,3-8,11-12H2,1-2H3. The van der Waals surface area contributed by atoms with Gasteiger partial charge in [-0.1, -0.05) is 26.0 Å². The van der Waals surface area contributed by atoms with Gasteiger partial charge >= 0.3 is 0 Å². The summed E-state index contributed by atoms with van der Waals surface area (Å²) in [5.41, 5.74) is 0.740. The molecular weight excluding hydrogens is 260 g/mol. The van der Waals surface area contributed by atoms with Crippen LogP contribution in [0.15, 0.2) is 12.2 Å². The summed E-state index contributed by atoms with van der Waals surface area (Å²) in [5, 5.41) is 9.83. The average molecular weight is 288 g/mol. The van der Waals surface area contributed by atoms with Crippen molar-refractivity contribution in [3.05, 3.63) is 12.2 Å². The number of hydrogen-bond donors (Lipinski definition) is 1. The van der Waals surface area contributed by atoms with E-state index in [1.54, 1.807) is 0 Å². The summed E-state index contributed by atoms with van der Waals surface area (Å²) in [7, 11) is 0. The lowest BCUT2D eigenvalue weighted by molar-refractivity contribution is -0.149. The van der Waals surface area contributed by atoms with Crippen molar-refractivity contribution >= 4 is 5.78 Å². The van der Waals surface area contributed by atoms with Crippen molar-refractivity contribution in [2.24, 2.45) is 34.0 Å². The highest BCUT2D eigenvalue weighted by Crippen LogP contribution is 2.69. The van der Waals surface area contributed by atoms with Crippen LogP contribution in [0.5, 0.6) is 0 Å². The first kappa shape index (κ1) is 14.0. The molecule has 0 radical (unpaired) electrons. The predicted molar refractivity (Wildman–Crippen MR) is 82.7 cm³/mol. The van der Waals surface area contributed by atoms with Gasteiger partial charge in [0.1, 0.15) is 5.78 Å². The van der Waals surface area contributed by atoms with E-state index >= 15 is 0 Å². The lowest BCUT2D eigenvalue weighted by Crippen LogP contribution is -2.56. The highest BCUT2D eigenvalue weighted by atomic mass is 16.3. The van der Waals surface area contributed by atoms with Gasteiger partial charge in [-0.3, -0.25) is 4.79 Å². The summed E-state index contributed by atoms with van der Waals surface area (Å²) >= 11 is 0. The fraction of sp³-hybridized carbons (Fsp3) is 0.842. The van der Waals surface area contributed by atoms with E-state index in [0.717, 1.165) is 31.6 Å². The van der Waals surface area contributed by atoms with Gasteiger partial charge in [0.2, 0.25) is 0 Å². The Labute approximate surface area is 128 Å². The molecule has 0 aromatic carbocycles. The minimum absolute atomic E-state index is 0.0792. The molecule has 4 aliphatic carbocycles. The minimum Gasteiger partial charge on any atom is -0.395 e. The highest BCUT2D eigenvalue weighted by molar-refractivity contribution is 5.82. The summed E-state index contributed by atoms with van der Waals surface area (Å²) in [4.78, 5) is 12.2. The molecule has 4 aliphatic rings. The molecule has 3 fully saturated rings. The van der Waals surface area contributed by atoms with Crippen LogP contribution in [0, 0.1) is 34.0 Å². The molecule has 4 rings (SSSR count). The predicted octanol–water partition coefficient (Wildman–Crippen LogP) is 3.74. The quantitative estimate of drug-likeness (QED) is 0.746. The molecule has 1 N–H and O–H groups in total. The van der Waals surface area contributed by atoms with Crippen LogP contribution in [0.2, 0.25) is 0 Å². The van der Waals surface area contributed by atoms with E-state index in [-0.39, 0.29) is 11.3 Å². The Kier molecular flexibility index (Phi) is 2.81. The third-order valence-electron chi connectivity index (χ3n) is 7.98. The lowest BCUT2D eigenvalue weighted by Gasteiger charge is -2.61. The van der Waals surface area contributed by atoms with Gasteiger partial charge in [0.25, 0.3) is 0 Å². The van der Waals surface area contributed by atoms with Crippen molar-refractivity contribution in [3.8, 4) is 0 Å². The Morgan fingerprint density at radius 1 is 1.24 bits per heavy atom. The molecule has 21 heavy (non-hydrogen) atoms. The number of Topliss-reactive ketones (excluding diaryl/α,β-unsaturated/α-hetero) is 1. The number of carbonyl (C=O) groups is 1. The van der Waals surface area contributed by atoms with Gasteiger partial charge < -0.3 is 5.11 Å². The second kappa shape index (κ2) is 4.22. The maximum atomic E-state index is 12.2. The van der Waals surface area contributed by atoms with Crippen LogP contribution in [0.25, 0.3) is 0 Å². The summed E-state index contributed by atoms with van der Waals surface area (Å²) in [6, 6.07) is 0. The largest absolute Gasteiger partial charge is 0.395 e. The molecule has 2 nitrogen and oxygen atoms in total. The Hall–Kier alpha value is -0.630. The first-order chi connectivity index (χ1) is 9.95. The van der Waals surface area contributed by atoms with E-state index in [4.69, 9.17) is 0 Å². The van der Waals surface area contributed by atoms with Crippen LogP contribution in [0.3, 0.4) is 0 Å². The molecule has 0 aromatic heterocycles. The second-order valence-corrected chi connectivity index (χ2v) is 8.76. The van der Waals surface area contributed by atoms with Crippen LogP contribution >= 0.6 is 0 Å². The first-order valence-electron chi connectivity index (χ1n) is 8.79. The van der Waals surface area contributed by atoms with Crippen LogP contribution in [0.4, 0.5) is 0 Å². The molecule has 116 valence electrons. The third kappa shape index (κ3) is 1.66. The van der Waals surface area contributed by atoms with Gasteiger partial charge in [-0.25, -0.2) is 0 Å². The van der Waals surface area contributed by atoms with Gasteiger partial charge in [-0.15, -0.1) is 0 Å². The number of fused-ring (bicyclic) bond motifs is 3. The Balaban J connectivity index is 1.71. The van der Waals surface area contributed by atoms with Crippen LogP contribution in [0.1, 0.15) is 58.8 Å². The summed E-state index contributed by atoms with van der Waals surface area (Å²) in [6.45, 7) is 4.96. The molecule has 2 bridgehead atoms. The molecule has 0 aromatic rings. The van der Waals surface area contributed by atoms with Gasteiger partial charge in [-0.2, -0.15) is 0 Å². The fourth-order valence-corrected chi connectivity index (χ4v) is 6.80. The third-order valence-corrected chi connectivity index (χ3v) is 7.98. The minimum atomic E-state index is 0.0792. The molecule has 3 saturated carbocycles. The summed E-state index contributed by atoms with van der Waals surface area (Å²) in [5.74, 6) is 2.06. The number of allylic oxidation sites excluding steroid dienone is 1. The molecule has 0 heterocycles. The van der Waals surface area contributed by atoms with E-state index in [2.05, 4.69) is 26.0 Å². The molecule has 0 aliphatic heterocycles. The number of carbonyl (C=O) groups excluding carboxylic acids is 1. The van der Waals surface area contributed by atoms with Gasteiger partial charge in [0.05, 0.1) is 6.61 Å². The SMILES string of the molecule is CC1C(=O)CCC2(C)C1CCC13C=CC(CO)(CCC12)C3. The first-order valence-corrected chi connectivity index (χ1v) is 8.79. The molecule has 6 atom stereocenters. The van der Waals surface area contributed by atoms with Crippen molar-refractivity contribution < 1.29 is 9.90 Å². The zero-order chi connectivity index (χ0) is 14.9.